The first-order valence-corrected chi connectivity index (χ1v) is 22.8. The number of hydrogen-bond acceptors (Lipinski definition) is 0. The Morgan fingerprint density at radius 1 is 1.80 bits per heavy atom. The molecule has 0 amide bonds. The Labute approximate surface area is 53.7 Å². The molecule has 0 nitrogen and oxygen atoms in total. The summed E-state index contributed by atoms with van der Waals surface area (Å²) in [5, 5.41) is 0. The summed E-state index contributed by atoms with van der Waals surface area (Å²) in [4.78, 5) is 0. The van der Waals surface area contributed by atoms with E-state index in [2.05, 4.69) is 8.05 Å². The second kappa shape index (κ2) is 3.23. The predicted molar refractivity (Wildman–Crippen MR) is 26.5 cm³/mol. The third-order valence-electron chi connectivity index (χ3n) is 0.295. The van der Waals surface area contributed by atoms with Gasteiger partial charge < -0.3 is 0 Å². The van der Waals surface area contributed by atoms with Crippen LogP contribution in [0.3, 0.4) is 0 Å². The topological polar surface area (TPSA) is 0 Å². The average molecular weight is 391 g/mol. The molecule has 0 fully saturated rings. The summed E-state index contributed by atoms with van der Waals surface area (Å²) in [5.74, 6) is 0. The van der Waals surface area contributed by atoms with Crippen LogP contribution in [0.2, 0.25) is 0 Å². The van der Waals surface area contributed by atoms with Crippen molar-refractivity contribution in [2.75, 3.05) is 0 Å². The van der Waals surface area contributed by atoms with E-state index >= 15 is 0 Å². The summed E-state index contributed by atoms with van der Waals surface area (Å²) < 4.78 is 5.80. The average Bonchev–Trinajstić information content (AvgIpc) is 1.76. The molecule has 3 heteroatoms. The maximum atomic E-state index is 3.39. The Bertz CT molecular complexity index is 63.0. The van der Waals surface area contributed by atoms with Crippen molar-refractivity contribution < 1.29 is 0 Å². The molecule has 0 spiro atoms. The van der Waals surface area contributed by atoms with Crippen LogP contribution in [-0.2, 0) is 0 Å². The second-order valence-corrected chi connectivity index (χ2v) is 42.3. The van der Waals surface area contributed by atoms with Crippen LogP contribution in [0.1, 0.15) is 0 Å². The van der Waals surface area contributed by atoms with E-state index in [9.17, 15) is 0 Å². The Kier molecular flexibility index (Phi) is 3.44. The SMILES string of the molecule is [C]1=[CH][SbH][Sb]=[Sb]1. The van der Waals surface area contributed by atoms with Gasteiger partial charge in [-0.3, -0.25) is 0 Å². The molecule has 0 saturated carbocycles. The molecule has 0 aromatic heterocycles. The van der Waals surface area contributed by atoms with Crippen LogP contribution in [0.5, 0.6) is 0 Å². The first-order chi connectivity index (χ1) is 2.50. The van der Waals surface area contributed by atoms with E-state index in [4.69, 9.17) is 0 Å². The molecule has 0 saturated heterocycles. The molecule has 1 aliphatic rings. The van der Waals surface area contributed by atoms with Gasteiger partial charge in [0.2, 0.25) is 0 Å². The standard InChI is InChI=1S/C2H.3Sb.H/c1-2;;;;/h1H;;;;. The van der Waals surface area contributed by atoms with Gasteiger partial charge in [-0.05, 0) is 0 Å². The van der Waals surface area contributed by atoms with Gasteiger partial charge in [0.1, 0.15) is 0 Å². The zero-order valence-corrected chi connectivity index (χ0v) is 10.4. The molecule has 25 valence electrons. The molecule has 1 heterocycles. The number of rotatable bonds is 0. The molecule has 1 rings (SSSR count). The molecule has 0 unspecified atom stereocenters. The van der Waals surface area contributed by atoms with Gasteiger partial charge in [-0.25, -0.2) is 0 Å². The van der Waals surface area contributed by atoms with E-state index in [1.807, 2.05) is 0 Å². The van der Waals surface area contributed by atoms with E-state index in [0.29, 0.717) is 47.0 Å². The zero-order chi connectivity index (χ0) is 3.54. The van der Waals surface area contributed by atoms with Gasteiger partial charge in [-0.1, -0.05) is 0 Å². The minimum atomic E-state index is 0.309. The zero-order valence-electron chi connectivity index (χ0n) is 2.47. The molecule has 0 aromatic carbocycles. The van der Waals surface area contributed by atoms with E-state index in [-0.39, 0.29) is 0 Å². The molecular formula is C2H2Sb3. The molecular weight excluding hydrogens is 389 g/mol. The van der Waals surface area contributed by atoms with E-state index in [0.717, 1.165) is 0 Å². The van der Waals surface area contributed by atoms with Gasteiger partial charge in [-0.2, -0.15) is 0 Å². The summed E-state index contributed by atoms with van der Waals surface area (Å²) in [6.07, 6.45) is 0. The molecule has 0 aliphatic carbocycles. The van der Waals surface area contributed by atoms with Crippen LogP contribution >= 0.6 is 0 Å². The van der Waals surface area contributed by atoms with Crippen LogP contribution < -0.4 is 0 Å². The number of hydrogen-bond donors (Lipinski definition) is 0. The van der Waals surface area contributed by atoms with Gasteiger partial charge >= 0.3 is 55.1 Å². The minimum absolute atomic E-state index is 0.309. The molecule has 1 radical (unpaired) electrons. The Morgan fingerprint density at radius 2 is 2.80 bits per heavy atom. The quantitative estimate of drug-likeness (QED) is 0.463. The van der Waals surface area contributed by atoms with Crippen molar-refractivity contribution >= 4 is 47.0 Å². The van der Waals surface area contributed by atoms with E-state index in [1.165, 1.54) is 0 Å². The third kappa shape index (κ3) is 2.11. The van der Waals surface area contributed by atoms with Crippen LogP contribution in [0.15, 0.2) is 4.02 Å². The van der Waals surface area contributed by atoms with Crippen LogP contribution in [0, 0.1) is 4.02 Å². The van der Waals surface area contributed by atoms with Crippen LogP contribution in [0.25, 0.3) is 0 Å². The van der Waals surface area contributed by atoms with Crippen molar-refractivity contribution in [3.63, 3.8) is 0 Å². The third-order valence-corrected chi connectivity index (χ3v) is 40.9. The van der Waals surface area contributed by atoms with Crippen molar-refractivity contribution in [1.82, 2.24) is 0 Å². The van der Waals surface area contributed by atoms with Gasteiger partial charge in [0.25, 0.3) is 0 Å². The molecule has 1 aliphatic heterocycles. The van der Waals surface area contributed by atoms with Crippen molar-refractivity contribution in [1.29, 1.82) is 0 Å². The van der Waals surface area contributed by atoms with Crippen molar-refractivity contribution in [2.24, 2.45) is 0 Å². The Hall–Kier alpha value is 2.19. The predicted octanol–water partition coefficient (Wildman–Crippen LogP) is -1.05. The molecule has 0 N–H and O–H groups in total. The molecule has 0 aromatic rings. The fourth-order valence-corrected chi connectivity index (χ4v) is 43.6. The monoisotopic (exact) mass is 389 g/mol. The first kappa shape index (κ1) is 5.33. The summed E-state index contributed by atoms with van der Waals surface area (Å²) in [6, 6.07) is 0. The summed E-state index contributed by atoms with van der Waals surface area (Å²) in [7, 11) is 0. The summed E-state index contributed by atoms with van der Waals surface area (Å²) in [5.41, 5.74) is 0. The van der Waals surface area contributed by atoms with Crippen LogP contribution in [-0.4, -0.2) is 47.0 Å². The van der Waals surface area contributed by atoms with E-state index in [1.54, 1.807) is 0 Å². The van der Waals surface area contributed by atoms with Crippen molar-refractivity contribution in [2.45, 2.75) is 0 Å². The fourth-order valence-electron chi connectivity index (χ4n) is 0.144. The first-order valence-electron chi connectivity index (χ1n) is 1.22. The van der Waals surface area contributed by atoms with Gasteiger partial charge in [0.05, 0.1) is 0 Å². The fraction of sp³-hybridized carbons (Fsp3) is 0. The van der Waals surface area contributed by atoms with Gasteiger partial charge in [-0.15, -0.1) is 0 Å². The summed E-state index contributed by atoms with van der Waals surface area (Å²) >= 11 is 1.32. The molecule has 0 bridgehead atoms. The van der Waals surface area contributed by atoms with Gasteiger partial charge in [0, 0.05) is 0 Å². The molecule has 5 heavy (non-hydrogen) atoms. The Balaban J connectivity index is 2.61. The normalized spacial score (nSPS) is 17.6. The second-order valence-electron chi connectivity index (χ2n) is 0.603. The summed E-state index contributed by atoms with van der Waals surface area (Å²) in [6.45, 7) is 0. The van der Waals surface area contributed by atoms with E-state index < -0.39 is 0 Å². The maximum absolute atomic E-state index is 3.39. The van der Waals surface area contributed by atoms with Crippen molar-refractivity contribution in [3.8, 4) is 0 Å². The van der Waals surface area contributed by atoms with Crippen molar-refractivity contribution in [3.05, 3.63) is 8.05 Å². The molecule has 0 atom stereocenters. The van der Waals surface area contributed by atoms with Gasteiger partial charge in [0.15, 0.2) is 0 Å². The van der Waals surface area contributed by atoms with Crippen LogP contribution in [0.4, 0.5) is 0 Å². The Morgan fingerprint density at radius 3 is 3.00 bits per heavy atom.